The minimum atomic E-state index is 0.119. The number of rotatable bonds is 6. The largest absolute Gasteiger partial charge is 0.492 e. The Morgan fingerprint density at radius 3 is 2.68 bits per heavy atom. The fourth-order valence-electron chi connectivity index (χ4n) is 3.69. The fourth-order valence-corrected chi connectivity index (χ4v) is 3.97. The summed E-state index contributed by atoms with van der Waals surface area (Å²) in [7, 11) is 0. The number of anilines is 2. The highest BCUT2D eigenvalue weighted by Gasteiger charge is 2.17. The van der Waals surface area contributed by atoms with Crippen LogP contribution in [0.2, 0.25) is 0 Å². The molecule has 1 heterocycles. The van der Waals surface area contributed by atoms with Gasteiger partial charge in [0.05, 0.1) is 18.3 Å². The Bertz CT molecular complexity index is 778. The van der Waals surface area contributed by atoms with Crippen molar-refractivity contribution in [3.63, 3.8) is 0 Å². The van der Waals surface area contributed by atoms with Gasteiger partial charge in [0.25, 0.3) is 0 Å². The van der Waals surface area contributed by atoms with Gasteiger partial charge in [-0.15, -0.1) is 0 Å². The average Bonchev–Trinajstić information content (AvgIpc) is 2.70. The van der Waals surface area contributed by atoms with Crippen molar-refractivity contribution >= 4 is 28.7 Å². The summed E-state index contributed by atoms with van der Waals surface area (Å²) in [5, 5.41) is 7.21. The zero-order valence-electron chi connectivity index (χ0n) is 17.1. The van der Waals surface area contributed by atoms with E-state index in [1.807, 2.05) is 31.2 Å². The highest BCUT2D eigenvalue weighted by molar-refractivity contribution is 7.80. The predicted molar refractivity (Wildman–Crippen MR) is 122 cm³/mol. The molecule has 2 atom stereocenters. The quantitative estimate of drug-likeness (QED) is 0.641. The molecule has 0 aromatic heterocycles. The van der Waals surface area contributed by atoms with Gasteiger partial charge in [-0.25, -0.2) is 0 Å². The zero-order chi connectivity index (χ0) is 19.9. The fraction of sp³-hybridized carbons (Fsp3) is 0.435. The van der Waals surface area contributed by atoms with Crippen molar-refractivity contribution in [2.24, 2.45) is 5.92 Å². The molecule has 1 aliphatic heterocycles. The molecule has 1 fully saturated rings. The predicted octanol–water partition coefficient (Wildman–Crippen LogP) is 5.37. The van der Waals surface area contributed by atoms with Crippen LogP contribution >= 0.6 is 12.2 Å². The van der Waals surface area contributed by atoms with E-state index in [1.54, 1.807) is 0 Å². The van der Waals surface area contributed by atoms with Gasteiger partial charge in [-0.3, -0.25) is 0 Å². The van der Waals surface area contributed by atoms with E-state index < -0.39 is 0 Å². The van der Waals surface area contributed by atoms with E-state index in [0.717, 1.165) is 30.4 Å². The molecule has 2 N–H and O–H groups in total. The molecule has 0 radical (unpaired) electrons. The van der Waals surface area contributed by atoms with Gasteiger partial charge in [0.2, 0.25) is 0 Å². The SMILES string of the molecule is CCOc1ccccc1NC(=S)N[C@H](C)c1ccc(N2CCC[C@H](C)C2)cc1. The third kappa shape index (κ3) is 5.38. The zero-order valence-corrected chi connectivity index (χ0v) is 17.9. The Kier molecular flexibility index (Phi) is 7.15. The first-order valence-electron chi connectivity index (χ1n) is 10.2. The van der Waals surface area contributed by atoms with Crippen molar-refractivity contribution in [2.45, 2.75) is 39.7 Å². The average molecular weight is 398 g/mol. The second kappa shape index (κ2) is 9.78. The second-order valence-corrected chi connectivity index (χ2v) is 7.94. The molecule has 0 unspecified atom stereocenters. The molecule has 4 nitrogen and oxygen atoms in total. The Labute approximate surface area is 174 Å². The number of benzene rings is 2. The Hall–Kier alpha value is -2.27. The van der Waals surface area contributed by atoms with Crippen LogP contribution in [0, 0.1) is 5.92 Å². The Morgan fingerprint density at radius 2 is 1.96 bits per heavy atom. The van der Waals surface area contributed by atoms with Crippen LogP contribution in [0.4, 0.5) is 11.4 Å². The number of nitrogens with one attached hydrogen (secondary N) is 2. The van der Waals surface area contributed by atoms with Crippen LogP contribution in [0.15, 0.2) is 48.5 Å². The first-order valence-corrected chi connectivity index (χ1v) is 10.6. The smallest absolute Gasteiger partial charge is 0.171 e. The maximum absolute atomic E-state index is 5.65. The summed E-state index contributed by atoms with van der Waals surface area (Å²) < 4.78 is 5.65. The lowest BCUT2D eigenvalue weighted by molar-refractivity contribution is 0.342. The standard InChI is InChI=1S/C23H31N3OS/c1-4-27-22-10-6-5-9-21(22)25-23(28)24-18(3)19-11-13-20(14-12-19)26-15-7-8-17(2)16-26/h5-6,9-14,17-18H,4,7-8,15-16H2,1-3H3,(H2,24,25,28)/t17-,18+/m0/s1. The van der Waals surface area contributed by atoms with Crippen molar-refractivity contribution in [2.75, 3.05) is 29.9 Å². The highest BCUT2D eigenvalue weighted by atomic mass is 32.1. The number of hydrogen-bond acceptors (Lipinski definition) is 3. The molecule has 5 heteroatoms. The molecule has 150 valence electrons. The maximum atomic E-state index is 5.65. The van der Waals surface area contributed by atoms with Crippen LogP contribution in [0.25, 0.3) is 0 Å². The summed E-state index contributed by atoms with van der Waals surface area (Å²) in [6.07, 6.45) is 2.62. The molecule has 0 bridgehead atoms. The molecule has 2 aromatic rings. The molecule has 0 spiro atoms. The lowest BCUT2D eigenvalue weighted by Crippen LogP contribution is -2.34. The topological polar surface area (TPSA) is 36.5 Å². The van der Waals surface area contributed by atoms with Crippen molar-refractivity contribution < 1.29 is 4.74 Å². The van der Waals surface area contributed by atoms with E-state index >= 15 is 0 Å². The summed E-state index contributed by atoms with van der Waals surface area (Å²) in [5.74, 6) is 1.58. The Balaban J connectivity index is 1.58. The number of piperidine rings is 1. The van der Waals surface area contributed by atoms with Gasteiger partial charge < -0.3 is 20.3 Å². The second-order valence-electron chi connectivity index (χ2n) is 7.53. The molecule has 0 amide bonds. The summed E-state index contributed by atoms with van der Waals surface area (Å²) in [6.45, 7) is 9.37. The van der Waals surface area contributed by atoms with E-state index in [0.29, 0.717) is 11.7 Å². The molecule has 0 aliphatic carbocycles. The number of thiocarbonyl (C=S) groups is 1. The molecule has 1 saturated heterocycles. The van der Waals surface area contributed by atoms with Crippen molar-refractivity contribution in [3.8, 4) is 5.75 Å². The van der Waals surface area contributed by atoms with Gasteiger partial charge in [0.1, 0.15) is 5.75 Å². The molecule has 0 saturated carbocycles. The first kappa shape index (κ1) is 20.5. The van der Waals surface area contributed by atoms with Gasteiger partial charge in [-0.1, -0.05) is 31.2 Å². The van der Waals surface area contributed by atoms with E-state index in [4.69, 9.17) is 17.0 Å². The first-order chi connectivity index (χ1) is 13.6. The van der Waals surface area contributed by atoms with Gasteiger partial charge in [0, 0.05) is 18.8 Å². The minimum Gasteiger partial charge on any atom is -0.492 e. The molecular weight excluding hydrogens is 366 g/mol. The van der Waals surface area contributed by atoms with Gasteiger partial charge in [-0.05, 0) is 74.7 Å². The molecule has 28 heavy (non-hydrogen) atoms. The Morgan fingerprint density at radius 1 is 1.21 bits per heavy atom. The molecule has 3 rings (SSSR count). The van der Waals surface area contributed by atoms with Crippen LogP contribution in [-0.2, 0) is 0 Å². The maximum Gasteiger partial charge on any atom is 0.171 e. The van der Waals surface area contributed by atoms with Crippen LogP contribution in [0.5, 0.6) is 5.75 Å². The summed E-state index contributed by atoms with van der Waals surface area (Å²) in [4.78, 5) is 2.49. The van der Waals surface area contributed by atoms with Crippen LogP contribution in [0.3, 0.4) is 0 Å². The molecule has 1 aliphatic rings. The van der Waals surface area contributed by atoms with Gasteiger partial charge in [0.15, 0.2) is 5.11 Å². The van der Waals surface area contributed by atoms with E-state index in [1.165, 1.54) is 24.1 Å². The lowest BCUT2D eigenvalue weighted by Gasteiger charge is -2.33. The lowest BCUT2D eigenvalue weighted by atomic mass is 9.99. The number of para-hydroxylation sites is 2. The summed E-state index contributed by atoms with van der Waals surface area (Å²) >= 11 is 5.51. The number of ether oxygens (including phenoxy) is 1. The minimum absolute atomic E-state index is 0.119. The molecule has 2 aromatic carbocycles. The normalized spacial score (nSPS) is 17.7. The number of nitrogens with zero attached hydrogens (tertiary/aromatic N) is 1. The van der Waals surface area contributed by atoms with E-state index in [2.05, 4.69) is 53.6 Å². The van der Waals surface area contributed by atoms with Crippen LogP contribution in [0.1, 0.15) is 45.2 Å². The highest BCUT2D eigenvalue weighted by Crippen LogP contribution is 2.26. The van der Waals surface area contributed by atoms with Crippen LogP contribution < -0.4 is 20.3 Å². The monoisotopic (exact) mass is 397 g/mol. The van der Waals surface area contributed by atoms with Crippen molar-refractivity contribution in [3.05, 3.63) is 54.1 Å². The van der Waals surface area contributed by atoms with Gasteiger partial charge in [-0.2, -0.15) is 0 Å². The van der Waals surface area contributed by atoms with E-state index in [-0.39, 0.29) is 6.04 Å². The van der Waals surface area contributed by atoms with Crippen LogP contribution in [-0.4, -0.2) is 24.8 Å². The van der Waals surface area contributed by atoms with E-state index in [9.17, 15) is 0 Å². The third-order valence-electron chi connectivity index (χ3n) is 5.20. The third-order valence-corrected chi connectivity index (χ3v) is 5.42. The van der Waals surface area contributed by atoms with Crippen molar-refractivity contribution in [1.29, 1.82) is 0 Å². The summed E-state index contributed by atoms with van der Waals surface area (Å²) in [6, 6.07) is 16.8. The van der Waals surface area contributed by atoms with Crippen molar-refractivity contribution in [1.82, 2.24) is 5.32 Å². The molecular formula is C23H31N3OS. The summed E-state index contributed by atoms with van der Waals surface area (Å²) in [5.41, 5.74) is 3.41. The van der Waals surface area contributed by atoms with Gasteiger partial charge >= 0.3 is 0 Å². The number of hydrogen-bond donors (Lipinski definition) is 2.